The van der Waals surface area contributed by atoms with Crippen LogP contribution in [-0.4, -0.2) is 88.1 Å². The van der Waals surface area contributed by atoms with E-state index in [1.54, 1.807) is 0 Å². The van der Waals surface area contributed by atoms with Gasteiger partial charge in [-0.2, -0.15) is 9.97 Å². The summed E-state index contributed by atoms with van der Waals surface area (Å²) in [6.45, 7) is 4.72. The highest BCUT2D eigenvalue weighted by molar-refractivity contribution is 6.04. The van der Waals surface area contributed by atoms with Gasteiger partial charge in [-0.25, -0.2) is 22.5 Å². The first kappa shape index (κ1) is 30.0. The molecular weight excluding hydrogens is 616 g/mol. The second-order valence-electron chi connectivity index (χ2n) is 12.8. The van der Waals surface area contributed by atoms with E-state index in [4.69, 9.17) is 20.9 Å². The molecular formula is C34H32F4N6O3. The molecule has 0 saturated carbocycles. The van der Waals surface area contributed by atoms with Crippen LogP contribution in [0, 0.1) is 29.8 Å². The Hall–Kier alpha value is -4.41. The first-order chi connectivity index (χ1) is 22.7. The van der Waals surface area contributed by atoms with E-state index in [-0.39, 0.29) is 75.9 Å². The summed E-state index contributed by atoms with van der Waals surface area (Å²) in [6, 6.07) is 3.07. The number of halogens is 4. The van der Waals surface area contributed by atoms with Gasteiger partial charge in [0.15, 0.2) is 17.5 Å². The smallest absolute Gasteiger partial charge is 0.319 e. The number of alkyl halides is 1. The lowest BCUT2D eigenvalue weighted by atomic mass is 9.95. The molecule has 244 valence electrons. The number of phenolic OH excluding ortho intramolecular Hbond substituents is 1. The number of nitrogens with one attached hydrogen (secondary N) is 1. The second kappa shape index (κ2) is 11.1. The normalized spacial score (nSPS) is 25.4. The van der Waals surface area contributed by atoms with Gasteiger partial charge in [0.1, 0.15) is 47.5 Å². The minimum Gasteiger partial charge on any atom is -0.508 e. The van der Waals surface area contributed by atoms with E-state index in [2.05, 4.69) is 37.9 Å². The van der Waals surface area contributed by atoms with Gasteiger partial charge in [-0.1, -0.05) is 12.8 Å². The number of terminal acetylenes is 1. The first-order valence-corrected chi connectivity index (χ1v) is 15.9. The van der Waals surface area contributed by atoms with Crippen LogP contribution in [0.4, 0.5) is 23.4 Å². The molecule has 3 fully saturated rings. The van der Waals surface area contributed by atoms with Crippen LogP contribution in [0.2, 0.25) is 0 Å². The molecule has 47 heavy (non-hydrogen) atoms. The molecule has 4 aliphatic rings. The van der Waals surface area contributed by atoms with Gasteiger partial charge in [-0.15, -0.1) is 6.42 Å². The van der Waals surface area contributed by atoms with Crippen LogP contribution in [0.15, 0.2) is 18.2 Å². The van der Waals surface area contributed by atoms with E-state index < -0.39 is 34.7 Å². The summed E-state index contributed by atoms with van der Waals surface area (Å²) in [5.74, 6) is -1.12. The topological polar surface area (TPSA) is 95.9 Å². The number of nitrogens with zero attached hydrogens (tertiary/aromatic N) is 5. The van der Waals surface area contributed by atoms with Gasteiger partial charge in [0.25, 0.3) is 0 Å². The van der Waals surface area contributed by atoms with E-state index in [0.717, 1.165) is 31.9 Å². The Kier molecular flexibility index (Phi) is 7.07. The van der Waals surface area contributed by atoms with Crippen LogP contribution < -0.4 is 19.7 Å². The highest BCUT2D eigenvalue weighted by Gasteiger charge is 2.49. The van der Waals surface area contributed by atoms with E-state index in [1.807, 2.05) is 0 Å². The molecule has 2 N–H and O–H groups in total. The number of phenols is 1. The standard InChI is InChI=1S/C34H32F4N6O3/c1-3-20-25-17(11-22(36)27(20)37)10-19(45)12-21(25)29-28(38)30-26-31(44-9-7-39-23(4-2)24(44)15-46-32(26)40-29)42-33(41-30)47-16-34-6-5-8-43(34)14-18(35)13-34/h1,10-12,18,23-24,39,45H,4-9,13-16H2,2H3/t18-,23+,24-,34+/m1/s1. The number of hydrogen-bond acceptors (Lipinski definition) is 9. The zero-order chi connectivity index (χ0) is 32.6. The first-order valence-electron chi connectivity index (χ1n) is 15.9. The van der Waals surface area contributed by atoms with Gasteiger partial charge in [0.05, 0.1) is 17.1 Å². The molecule has 4 aliphatic heterocycles. The van der Waals surface area contributed by atoms with Gasteiger partial charge in [-0.05, 0) is 49.4 Å². The van der Waals surface area contributed by atoms with Crippen molar-refractivity contribution in [2.45, 2.75) is 56.4 Å². The van der Waals surface area contributed by atoms with Crippen molar-refractivity contribution in [3.05, 3.63) is 41.2 Å². The van der Waals surface area contributed by atoms with Gasteiger partial charge in [0.2, 0.25) is 5.88 Å². The molecule has 4 atom stereocenters. The molecule has 0 amide bonds. The molecule has 3 saturated heterocycles. The summed E-state index contributed by atoms with van der Waals surface area (Å²) in [5.41, 5.74) is -1.47. The quantitative estimate of drug-likeness (QED) is 0.233. The van der Waals surface area contributed by atoms with Gasteiger partial charge >= 0.3 is 6.01 Å². The van der Waals surface area contributed by atoms with Crippen LogP contribution in [-0.2, 0) is 0 Å². The highest BCUT2D eigenvalue weighted by Crippen LogP contribution is 2.45. The summed E-state index contributed by atoms with van der Waals surface area (Å²) in [7, 11) is 0. The zero-order valence-electron chi connectivity index (χ0n) is 25.6. The number of fused-ring (bicyclic) bond motifs is 4. The lowest BCUT2D eigenvalue weighted by Crippen LogP contribution is -2.60. The monoisotopic (exact) mass is 648 g/mol. The Labute approximate surface area is 267 Å². The average molecular weight is 649 g/mol. The molecule has 0 spiro atoms. The maximum Gasteiger partial charge on any atom is 0.319 e. The summed E-state index contributed by atoms with van der Waals surface area (Å²) >= 11 is 0. The molecule has 13 heteroatoms. The number of pyridine rings is 1. The Morgan fingerprint density at radius 2 is 2.00 bits per heavy atom. The molecule has 0 aliphatic carbocycles. The third kappa shape index (κ3) is 4.64. The molecule has 0 bridgehead atoms. The van der Waals surface area contributed by atoms with Crippen LogP contribution in [0.1, 0.15) is 38.2 Å². The van der Waals surface area contributed by atoms with E-state index >= 15 is 4.39 Å². The van der Waals surface area contributed by atoms with Crippen molar-refractivity contribution in [2.24, 2.45) is 0 Å². The SMILES string of the molecule is C#Cc1c(F)c(F)cc2cc(O)cc(-c3nc4c5c(nc(OC[C@@]67CCCN6C[C@H](F)C7)nc5c3F)N3CCN[C@@H](CC)[C@H]3CO4)c12. The molecule has 2 aromatic heterocycles. The number of anilines is 1. The molecule has 0 radical (unpaired) electrons. The van der Waals surface area contributed by atoms with Crippen molar-refractivity contribution in [1.29, 1.82) is 0 Å². The Bertz CT molecular complexity index is 1990. The largest absolute Gasteiger partial charge is 0.508 e. The number of aromatic hydroxyl groups is 1. The van der Waals surface area contributed by atoms with Crippen molar-refractivity contribution >= 4 is 27.5 Å². The Morgan fingerprint density at radius 3 is 2.81 bits per heavy atom. The van der Waals surface area contributed by atoms with Crippen LogP contribution in [0.5, 0.6) is 17.6 Å². The Balaban J connectivity index is 1.34. The molecule has 4 aromatic rings. The molecule has 8 rings (SSSR count). The average Bonchev–Trinajstić information content (AvgIpc) is 3.53. The van der Waals surface area contributed by atoms with Crippen LogP contribution in [0.3, 0.4) is 0 Å². The van der Waals surface area contributed by atoms with E-state index in [9.17, 15) is 18.3 Å². The predicted molar refractivity (Wildman–Crippen MR) is 167 cm³/mol. The number of benzene rings is 2. The van der Waals surface area contributed by atoms with Crippen molar-refractivity contribution < 1.29 is 32.1 Å². The fraction of sp³-hybridized carbons (Fsp3) is 0.441. The van der Waals surface area contributed by atoms with Crippen molar-refractivity contribution in [1.82, 2.24) is 25.2 Å². The highest BCUT2D eigenvalue weighted by atomic mass is 19.2. The summed E-state index contributed by atoms with van der Waals surface area (Å²) in [4.78, 5) is 18.1. The van der Waals surface area contributed by atoms with Crippen LogP contribution >= 0.6 is 0 Å². The molecule has 2 aromatic carbocycles. The Morgan fingerprint density at radius 1 is 1.15 bits per heavy atom. The minimum absolute atomic E-state index is 0.00312. The lowest BCUT2D eigenvalue weighted by Gasteiger charge is -2.41. The molecule has 0 unspecified atom stereocenters. The van der Waals surface area contributed by atoms with E-state index in [0.29, 0.717) is 31.9 Å². The van der Waals surface area contributed by atoms with Gasteiger partial charge < -0.3 is 24.8 Å². The van der Waals surface area contributed by atoms with Crippen molar-refractivity contribution in [3.8, 4) is 41.2 Å². The molecule has 9 nitrogen and oxygen atoms in total. The number of hydrogen-bond donors (Lipinski definition) is 2. The summed E-state index contributed by atoms with van der Waals surface area (Å²) < 4.78 is 73.4. The fourth-order valence-electron chi connectivity index (χ4n) is 8.04. The van der Waals surface area contributed by atoms with Crippen LogP contribution in [0.25, 0.3) is 32.9 Å². The number of aromatic nitrogens is 3. The van der Waals surface area contributed by atoms with E-state index in [1.165, 1.54) is 12.1 Å². The second-order valence-corrected chi connectivity index (χ2v) is 12.8. The van der Waals surface area contributed by atoms with Gasteiger partial charge in [0, 0.05) is 43.0 Å². The zero-order valence-corrected chi connectivity index (χ0v) is 25.6. The maximum atomic E-state index is 17.0. The van der Waals surface area contributed by atoms with Gasteiger partial charge in [-0.3, -0.25) is 4.90 Å². The fourth-order valence-corrected chi connectivity index (χ4v) is 8.04. The molecule has 6 heterocycles. The number of rotatable bonds is 5. The third-order valence-electron chi connectivity index (χ3n) is 10.2. The maximum absolute atomic E-state index is 17.0. The summed E-state index contributed by atoms with van der Waals surface area (Å²) in [5, 5.41) is 14.4. The van der Waals surface area contributed by atoms with Crippen molar-refractivity contribution in [3.63, 3.8) is 0 Å². The summed E-state index contributed by atoms with van der Waals surface area (Å²) in [6.07, 6.45) is 7.48. The van der Waals surface area contributed by atoms with Crippen molar-refractivity contribution in [2.75, 3.05) is 44.3 Å². The predicted octanol–water partition coefficient (Wildman–Crippen LogP) is 4.85. The third-order valence-corrected chi connectivity index (χ3v) is 10.2. The minimum atomic E-state index is -1.28. The number of piperazine rings is 1. The lowest BCUT2D eigenvalue weighted by molar-refractivity contribution is 0.107. The number of ether oxygens (including phenoxy) is 2.